The Morgan fingerprint density at radius 1 is 1.56 bits per heavy atom. The molecule has 9 heavy (non-hydrogen) atoms. The zero-order valence-corrected chi connectivity index (χ0v) is 5.80. The van der Waals surface area contributed by atoms with Crippen molar-refractivity contribution < 1.29 is 0 Å². The molecule has 1 saturated carbocycles. The van der Waals surface area contributed by atoms with Gasteiger partial charge < -0.3 is 5.73 Å². The van der Waals surface area contributed by atoms with Crippen molar-refractivity contribution in [1.82, 2.24) is 0 Å². The first-order valence-electron chi connectivity index (χ1n) is 3.47. The van der Waals surface area contributed by atoms with E-state index < -0.39 is 0 Å². The normalized spacial score (nSPS) is 32.2. The molecule has 0 radical (unpaired) electrons. The average molecular weight is 123 g/mol. The topological polar surface area (TPSA) is 26.0 Å². The summed E-state index contributed by atoms with van der Waals surface area (Å²) in [6, 6.07) is 0.414. The maximum Gasteiger partial charge on any atom is 0.0108 e. The predicted octanol–water partition coefficient (Wildman–Crippen LogP) is 1.45. The summed E-state index contributed by atoms with van der Waals surface area (Å²) < 4.78 is 0. The lowest BCUT2D eigenvalue weighted by Gasteiger charge is -2.29. The van der Waals surface area contributed by atoms with E-state index in [9.17, 15) is 0 Å². The molecule has 0 aliphatic heterocycles. The highest BCUT2D eigenvalue weighted by atomic mass is 14.7. The maximum absolute atomic E-state index is 5.68. The van der Waals surface area contributed by atoms with Gasteiger partial charge in [-0.3, -0.25) is 0 Å². The second-order valence-corrected chi connectivity index (χ2v) is 2.53. The minimum absolute atomic E-state index is 0.414. The molecule has 0 aromatic rings. The Bertz CT molecular complexity index is 143. The van der Waals surface area contributed by atoms with E-state index in [0.29, 0.717) is 12.0 Å². The lowest BCUT2D eigenvalue weighted by atomic mass is 9.80. The van der Waals surface area contributed by atoms with Crippen molar-refractivity contribution in [2.24, 2.45) is 11.7 Å². The summed E-state index contributed by atoms with van der Waals surface area (Å²) >= 11 is 0. The van der Waals surface area contributed by atoms with Gasteiger partial charge >= 0.3 is 0 Å². The molecule has 0 aromatic carbocycles. The molecule has 1 aliphatic rings. The third-order valence-corrected chi connectivity index (χ3v) is 1.86. The zero-order chi connectivity index (χ0) is 6.69. The van der Waals surface area contributed by atoms with Crippen molar-refractivity contribution in [3.63, 3.8) is 0 Å². The molecule has 0 aromatic heterocycles. The summed E-state index contributed by atoms with van der Waals surface area (Å²) in [6.45, 7) is 1.97. The van der Waals surface area contributed by atoms with Crippen LogP contribution in [0.4, 0.5) is 0 Å². The van der Waals surface area contributed by atoms with Crippen molar-refractivity contribution in [1.29, 1.82) is 0 Å². The fourth-order valence-electron chi connectivity index (χ4n) is 0.978. The first-order chi connectivity index (χ1) is 4.34. The lowest BCUT2D eigenvalue weighted by molar-refractivity contribution is 0.317. The first kappa shape index (κ1) is 6.60. The molecule has 1 fully saturated rings. The van der Waals surface area contributed by atoms with Crippen LogP contribution < -0.4 is 5.73 Å². The second kappa shape index (κ2) is 2.86. The molecule has 50 valence electrons. The van der Waals surface area contributed by atoms with Crippen molar-refractivity contribution >= 4 is 0 Å². The van der Waals surface area contributed by atoms with Crippen LogP contribution in [0.2, 0.25) is 0 Å². The van der Waals surface area contributed by atoms with Crippen LogP contribution in [0, 0.1) is 5.92 Å². The van der Waals surface area contributed by atoms with E-state index in [1.165, 1.54) is 12.8 Å². The van der Waals surface area contributed by atoms with Gasteiger partial charge in [0.2, 0.25) is 0 Å². The monoisotopic (exact) mass is 123 g/mol. The van der Waals surface area contributed by atoms with Gasteiger partial charge in [-0.2, -0.15) is 0 Å². The smallest absolute Gasteiger partial charge is 0.0108 e. The largest absolute Gasteiger partial charge is 0.327 e. The number of nitrogens with two attached hydrogens (primary N) is 1. The van der Waals surface area contributed by atoms with E-state index in [1.54, 1.807) is 0 Å². The molecular weight excluding hydrogens is 110 g/mol. The molecular formula is C8H13N. The Hall–Kier alpha value is -0.520. The highest BCUT2D eigenvalue weighted by Gasteiger charge is 2.24. The summed E-state index contributed by atoms with van der Waals surface area (Å²) in [5.41, 5.74) is 8.73. The molecule has 2 unspecified atom stereocenters. The predicted molar refractivity (Wildman–Crippen MR) is 39.0 cm³/mol. The quantitative estimate of drug-likeness (QED) is 0.525. The van der Waals surface area contributed by atoms with Crippen LogP contribution in [0.15, 0.2) is 17.9 Å². The standard InChI is InChI=1S/C8H13N/c1-2-3-4-7-5-6-8(7)9/h2,4,7-8H,5-6,9H2,1H3. The molecule has 1 nitrogen and oxygen atoms in total. The Kier molecular flexibility index (Phi) is 2.10. The van der Waals surface area contributed by atoms with Crippen LogP contribution in [-0.2, 0) is 0 Å². The molecule has 0 bridgehead atoms. The minimum Gasteiger partial charge on any atom is -0.327 e. The fourth-order valence-corrected chi connectivity index (χ4v) is 0.978. The van der Waals surface area contributed by atoms with Crippen LogP contribution in [0.1, 0.15) is 19.8 Å². The van der Waals surface area contributed by atoms with Crippen molar-refractivity contribution in [2.45, 2.75) is 25.8 Å². The average Bonchev–Trinajstić information content (AvgIpc) is 1.86. The molecule has 0 heterocycles. The number of rotatable bonds is 1. The van der Waals surface area contributed by atoms with E-state index in [-0.39, 0.29) is 0 Å². The van der Waals surface area contributed by atoms with Crippen molar-refractivity contribution in [3.05, 3.63) is 17.9 Å². The highest BCUT2D eigenvalue weighted by Crippen LogP contribution is 2.25. The van der Waals surface area contributed by atoms with Crippen LogP contribution in [0.3, 0.4) is 0 Å². The Labute approximate surface area is 56.2 Å². The van der Waals surface area contributed by atoms with E-state index in [2.05, 4.69) is 11.8 Å². The Balaban J connectivity index is 2.37. The fraction of sp³-hybridized carbons (Fsp3) is 0.625. The van der Waals surface area contributed by atoms with Gasteiger partial charge in [0.25, 0.3) is 0 Å². The van der Waals surface area contributed by atoms with Crippen LogP contribution in [-0.4, -0.2) is 6.04 Å². The Morgan fingerprint density at radius 2 is 2.33 bits per heavy atom. The van der Waals surface area contributed by atoms with Crippen molar-refractivity contribution in [3.8, 4) is 0 Å². The van der Waals surface area contributed by atoms with Gasteiger partial charge in [0.1, 0.15) is 0 Å². The highest BCUT2D eigenvalue weighted by molar-refractivity contribution is 4.98. The molecule has 0 spiro atoms. The van der Waals surface area contributed by atoms with E-state index in [0.717, 1.165) is 0 Å². The van der Waals surface area contributed by atoms with E-state index in [4.69, 9.17) is 5.73 Å². The van der Waals surface area contributed by atoms with Gasteiger partial charge in [-0.15, -0.1) is 5.73 Å². The molecule has 2 N–H and O–H groups in total. The third-order valence-electron chi connectivity index (χ3n) is 1.86. The number of hydrogen-bond acceptors (Lipinski definition) is 1. The van der Waals surface area contributed by atoms with Gasteiger partial charge in [0.05, 0.1) is 0 Å². The molecule has 0 saturated heterocycles. The van der Waals surface area contributed by atoms with Crippen LogP contribution in [0.25, 0.3) is 0 Å². The summed E-state index contributed by atoms with van der Waals surface area (Å²) in [5, 5.41) is 0. The SMILES string of the molecule is CC=C=CC1CCC1N. The second-order valence-electron chi connectivity index (χ2n) is 2.53. The summed E-state index contributed by atoms with van der Waals surface area (Å²) in [5.74, 6) is 0.612. The van der Waals surface area contributed by atoms with E-state index in [1.807, 2.05) is 13.0 Å². The van der Waals surface area contributed by atoms with Gasteiger partial charge in [-0.05, 0) is 37.8 Å². The molecule has 2 atom stereocenters. The first-order valence-corrected chi connectivity index (χ1v) is 3.47. The Morgan fingerprint density at radius 3 is 2.67 bits per heavy atom. The lowest BCUT2D eigenvalue weighted by Crippen LogP contribution is -2.37. The zero-order valence-electron chi connectivity index (χ0n) is 5.80. The van der Waals surface area contributed by atoms with Crippen LogP contribution in [0.5, 0.6) is 0 Å². The minimum atomic E-state index is 0.414. The molecule has 1 heteroatoms. The summed E-state index contributed by atoms with van der Waals surface area (Å²) in [7, 11) is 0. The van der Waals surface area contributed by atoms with Gasteiger partial charge in [-0.25, -0.2) is 0 Å². The summed E-state index contributed by atoms with van der Waals surface area (Å²) in [6.07, 6.45) is 6.44. The molecule has 0 amide bonds. The maximum atomic E-state index is 5.68. The number of hydrogen-bond donors (Lipinski definition) is 1. The van der Waals surface area contributed by atoms with Gasteiger partial charge in [0.15, 0.2) is 0 Å². The van der Waals surface area contributed by atoms with Gasteiger partial charge in [0, 0.05) is 6.04 Å². The third kappa shape index (κ3) is 1.44. The van der Waals surface area contributed by atoms with Crippen molar-refractivity contribution in [2.75, 3.05) is 0 Å². The molecule has 1 aliphatic carbocycles. The summed E-state index contributed by atoms with van der Waals surface area (Å²) in [4.78, 5) is 0. The van der Waals surface area contributed by atoms with Gasteiger partial charge in [-0.1, -0.05) is 0 Å². The van der Waals surface area contributed by atoms with E-state index >= 15 is 0 Å². The molecule has 1 rings (SSSR count). The van der Waals surface area contributed by atoms with Crippen LogP contribution >= 0.6 is 0 Å².